The highest BCUT2D eigenvalue weighted by Crippen LogP contribution is 2.42. The molecule has 0 radical (unpaired) electrons. The van der Waals surface area contributed by atoms with Gasteiger partial charge in [0.15, 0.2) is 0 Å². The maximum atomic E-state index is 12.2. The molecule has 1 saturated carbocycles. The van der Waals surface area contributed by atoms with Gasteiger partial charge in [-0.25, -0.2) is 0 Å². The molecule has 0 aromatic heterocycles. The lowest BCUT2D eigenvalue weighted by Gasteiger charge is -2.47. The molecule has 2 atom stereocenters. The van der Waals surface area contributed by atoms with E-state index in [4.69, 9.17) is 4.74 Å². The average Bonchev–Trinajstić information content (AvgIpc) is 2.12. The summed E-state index contributed by atoms with van der Waals surface area (Å²) in [6, 6.07) is -0.323. The second kappa shape index (κ2) is 4.76. The second-order valence-corrected chi connectivity index (χ2v) is 5.46. The van der Waals surface area contributed by atoms with E-state index in [9.17, 15) is 13.2 Å². The zero-order chi connectivity index (χ0) is 12.5. The van der Waals surface area contributed by atoms with Gasteiger partial charge in [-0.3, -0.25) is 0 Å². The van der Waals surface area contributed by atoms with Gasteiger partial charge in [-0.15, -0.1) is 0 Å². The fourth-order valence-corrected chi connectivity index (χ4v) is 2.90. The van der Waals surface area contributed by atoms with E-state index in [1.54, 1.807) is 6.92 Å². The Morgan fingerprint density at radius 1 is 1.41 bits per heavy atom. The van der Waals surface area contributed by atoms with Gasteiger partial charge in [-0.2, -0.15) is 13.2 Å². The van der Waals surface area contributed by atoms with Gasteiger partial charge in [-0.05, 0) is 39.0 Å². The standard InChI is InChI=1S/C12H20F3NO/c1-9(7-12(13,14)15)16-10-3-6-17-11(8-10)4-2-5-11/h9-10,16H,2-8H2,1H3. The van der Waals surface area contributed by atoms with E-state index in [1.807, 2.05) is 0 Å². The third-order valence-electron chi connectivity index (χ3n) is 3.82. The zero-order valence-corrected chi connectivity index (χ0v) is 10.1. The maximum absolute atomic E-state index is 12.2. The zero-order valence-electron chi connectivity index (χ0n) is 10.1. The predicted molar refractivity (Wildman–Crippen MR) is 58.8 cm³/mol. The summed E-state index contributed by atoms with van der Waals surface area (Å²) >= 11 is 0. The molecule has 5 heteroatoms. The summed E-state index contributed by atoms with van der Waals surface area (Å²) in [7, 11) is 0. The second-order valence-electron chi connectivity index (χ2n) is 5.46. The fourth-order valence-electron chi connectivity index (χ4n) is 2.90. The molecular formula is C12H20F3NO. The van der Waals surface area contributed by atoms with Crippen molar-refractivity contribution in [1.29, 1.82) is 0 Å². The highest BCUT2D eigenvalue weighted by molar-refractivity contribution is 4.96. The van der Waals surface area contributed by atoms with Crippen LogP contribution in [0.25, 0.3) is 0 Å². The number of hydrogen-bond acceptors (Lipinski definition) is 2. The van der Waals surface area contributed by atoms with Crippen molar-refractivity contribution in [2.45, 2.75) is 69.3 Å². The molecule has 17 heavy (non-hydrogen) atoms. The van der Waals surface area contributed by atoms with E-state index in [0.29, 0.717) is 6.61 Å². The normalized spacial score (nSPS) is 30.0. The third kappa shape index (κ3) is 3.58. The van der Waals surface area contributed by atoms with Crippen molar-refractivity contribution >= 4 is 0 Å². The summed E-state index contributed by atoms with van der Waals surface area (Å²) in [5.74, 6) is 0. The molecule has 0 bridgehead atoms. The Labute approximate surface area is 99.9 Å². The SMILES string of the molecule is CC(CC(F)(F)F)NC1CCOC2(CCC2)C1. The van der Waals surface area contributed by atoms with E-state index in [2.05, 4.69) is 5.32 Å². The van der Waals surface area contributed by atoms with Gasteiger partial charge in [-0.1, -0.05) is 0 Å². The molecule has 1 heterocycles. The van der Waals surface area contributed by atoms with Crippen LogP contribution in [0.15, 0.2) is 0 Å². The fraction of sp³-hybridized carbons (Fsp3) is 1.00. The van der Waals surface area contributed by atoms with Crippen LogP contribution in [0.2, 0.25) is 0 Å². The maximum Gasteiger partial charge on any atom is 0.390 e. The van der Waals surface area contributed by atoms with Crippen molar-refractivity contribution in [3.8, 4) is 0 Å². The lowest BCUT2D eigenvalue weighted by Crippen LogP contribution is -2.52. The van der Waals surface area contributed by atoms with Gasteiger partial charge < -0.3 is 10.1 Å². The van der Waals surface area contributed by atoms with Crippen molar-refractivity contribution in [3.63, 3.8) is 0 Å². The van der Waals surface area contributed by atoms with Crippen LogP contribution in [0.1, 0.15) is 45.4 Å². The monoisotopic (exact) mass is 251 g/mol. The Morgan fingerprint density at radius 2 is 2.12 bits per heavy atom. The highest BCUT2D eigenvalue weighted by Gasteiger charge is 2.43. The third-order valence-corrected chi connectivity index (χ3v) is 3.82. The molecular weight excluding hydrogens is 231 g/mol. The molecule has 0 amide bonds. The molecule has 2 unspecified atom stereocenters. The molecule has 1 saturated heterocycles. The molecule has 2 aliphatic rings. The van der Waals surface area contributed by atoms with Crippen LogP contribution in [-0.4, -0.2) is 30.5 Å². The molecule has 2 rings (SSSR count). The minimum absolute atomic E-state index is 0.00608. The minimum Gasteiger partial charge on any atom is -0.375 e. The molecule has 2 nitrogen and oxygen atoms in total. The average molecular weight is 251 g/mol. The quantitative estimate of drug-likeness (QED) is 0.832. The number of nitrogens with one attached hydrogen (secondary N) is 1. The van der Waals surface area contributed by atoms with E-state index in [-0.39, 0.29) is 11.6 Å². The Balaban J connectivity index is 1.78. The van der Waals surface area contributed by atoms with Crippen molar-refractivity contribution in [2.75, 3.05) is 6.61 Å². The summed E-state index contributed by atoms with van der Waals surface area (Å²) in [5.41, 5.74) is -0.00608. The van der Waals surface area contributed by atoms with Gasteiger partial charge in [0.25, 0.3) is 0 Å². The number of rotatable bonds is 3. The predicted octanol–water partition coefficient (Wildman–Crippen LogP) is 3.02. The van der Waals surface area contributed by atoms with Gasteiger partial charge in [0.05, 0.1) is 12.0 Å². The molecule has 0 aromatic rings. The molecule has 1 aliphatic carbocycles. The van der Waals surface area contributed by atoms with Crippen LogP contribution in [0, 0.1) is 0 Å². The summed E-state index contributed by atoms with van der Waals surface area (Å²) in [6.07, 6.45) is 0.185. The van der Waals surface area contributed by atoms with E-state index in [0.717, 1.165) is 25.7 Å². The van der Waals surface area contributed by atoms with Gasteiger partial charge in [0, 0.05) is 18.7 Å². The van der Waals surface area contributed by atoms with Crippen molar-refractivity contribution in [3.05, 3.63) is 0 Å². The lowest BCUT2D eigenvalue weighted by atomic mass is 9.74. The first-order chi connectivity index (χ1) is 7.89. The topological polar surface area (TPSA) is 21.3 Å². The smallest absolute Gasteiger partial charge is 0.375 e. The van der Waals surface area contributed by atoms with E-state index < -0.39 is 18.6 Å². The van der Waals surface area contributed by atoms with Crippen LogP contribution in [0.5, 0.6) is 0 Å². The van der Waals surface area contributed by atoms with Crippen LogP contribution >= 0.6 is 0 Å². The first kappa shape index (κ1) is 13.1. The van der Waals surface area contributed by atoms with Gasteiger partial charge in [0.2, 0.25) is 0 Å². The Bertz CT molecular complexity index is 263. The number of alkyl halides is 3. The van der Waals surface area contributed by atoms with E-state index in [1.165, 1.54) is 6.42 Å². The van der Waals surface area contributed by atoms with Gasteiger partial charge in [0.1, 0.15) is 0 Å². The Morgan fingerprint density at radius 3 is 2.65 bits per heavy atom. The summed E-state index contributed by atoms with van der Waals surface area (Å²) in [5, 5.41) is 3.10. The van der Waals surface area contributed by atoms with Crippen LogP contribution < -0.4 is 5.32 Å². The van der Waals surface area contributed by atoms with Crippen molar-refractivity contribution in [1.82, 2.24) is 5.32 Å². The molecule has 0 aromatic carbocycles. The molecule has 1 N–H and O–H groups in total. The minimum atomic E-state index is -4.08. The summed E-state index contributed by atoms with van der Waals surface area (Å²) in [4.78, 5) is 0. The summed E-state index contributed by atoms with van der Waals surface area (Å²) < 4.78 is 42.4. The molecule has 1 aliphatic heterocycles. The van der Waals surface area contributed by atoms with Crippen molar-refractivity contribution < 1.29 is 17.9 Å². The molecule has 2 fully saturated rings. The first-order valence-corrected chi connectivity index (χ1v) is 6.35. The Kier molecular flexibility index (Phi) is 3.69. The number of hydrogen-bond donors (Lipinski definition) is 1. The largest absolute Gasteiger partial charge is 0.390 e. The van der Waals surface area contributed by atoms with Crippen molar-refractivity contribution in [2.24, 2.45) is 0 Å². The van der Waals surface area contributed by atoms with Crippen LogP contribution in [-0.2, 0) is 4.74 Å². The molecule has 100 valence electrons. The highest BCUT2D eigenvalue weighted by atomic mass is 19.4. The Hall–Kier alpha value is -0.290. The molecule has 1 spiro atoms. The van der Waals surface area contributed by atoms with Crippen LogP contribution in [0.4, 0.5) is 13.2 Å². The van der Waals surface area contributed by atoms with Crippen LogP contribution in [0.3, 0.4) is 0 Å². The number of ether oxygens (including phenoxy) is 1. The van der Waals surface area contributed by atoms with E-state index >= 15 is 0 Å². The lowest BCUT2D eigenvalue weighted by molar-refractivity contribution is -0.147. The summed E-state index contributed by atoms with van der Waals surface area (Å²) in [6.45, 7) is 2.28. The van der Waals surface area contributed by atoms with Gasteiger partial charge >= 0.3 is 6.18 Å². The number of halogens is 3. The first-order valence-electron chi connectivity index (χ1n) is 6.35.